The highest BCUT2D eigenvalue weighted by molar-refractivity contribution is 9.10. The number of carbonyl (C=O) groups excluding carboxylic acids is 1. The Balaban J connectivity index is 2.07. The van der Waals surface area contributed by atoms with Crippen molar-refractivity contribution in [2.75, 3.05) is 14.2 Å². The molecule has 0 spiro atoms. The maximum absolute atomic E-state index is 12.4. The Morgan fingerprint density at radius 3 is 2.42 bits per heavy atom. The number of rotatable bonds is 7. The summed E-state index contributed by atoms with van der Waals surface area (Å²) in [5.74, 6) is 1.33. The Morgan fingerprint density at radius 1 is 1.12 bits per heavy atom. The van der Waals surface area contributed by atoms with Crippen LogP contribution in [0.2, 0.25) is 0 Å². The van der Waals surface area contributed by atoms with Gasteiger partial charge >= 0.3 is 0 Å². The van der Waals surface area contributed by atoms with Gasteiger partial charge in [-0.1, -0.05) is 41.1 Å². The third-order valence-electron chi connectivity index (χ3n) is 3.86. The number of ether oxygens (including phenoxy) is 2. The molecule has 1 atom stereocenters. The quantitative estimate of drug-likeness (QED) is 0.765. The Labute approximate surface area is 151 Å². The summed E-state index contributed by atoms with van der Waals surface area (Å²) in [5, 5.41) is 3.09. The summed E-state index contributed by atoms with van der Waals surface area (Å²) in [6, 6.07) is 13.5. The van der Waals surface area contributed by atoms with Crippen LogP contribution in [-0.2, 0) is 11.2 Å². The van der Waals surface area contributed by atoms with Crippen LogP contribution in [0.5, 0.6) is 11.5 Å². The summed E-state index contributed by atoms with van der Waals surface area (Å²) in [7, 11) is 3.19. The first-order valence-electron chi connectivity index (χ1n) is 7.83. The molecule has 0 aliphatic rings. The van der Waals surface area contributed by atoms with Gasteiger partial charge < -0.3 is 14.8 Å². The van der Waals surface area contributed by atoms with Crippen LogP contribution in [0.1, 0.15) is 30.5 Å². The molecule has 1 amide bonds. The second kappa shape index (κ2) is 8.73. The predicted octanol–water partition coefficient (Wildman–Crippen LogP) is 4.28. The van der Waals surface area contributed by atoms with Crippen molar-refractivity contribution in [3.8, 4) is 11.5 Å². The number of benzene rings is 2. The van der Waals surface area contributed by atoms with Crippen LogP contribution in [0.25, 0.3) is 0 Å². The van der Waals surface area contributed by atoms with Gasteiger partial charge in [0.15, 0.2) is 0 Å². The van der Waals surface area contributed by atoms with Gasteiger partial charge in [0.2, 0.25) is 5.91 Å². The lowest BCUT2D eigenvalue weighted by Gasteiger charge is -2.18. The van der Waals surface area contributed by atoms with Gasteiger partial charge in [-0.2, -0.15) is 0 Å². The summed E-state index contributed by atoms with van der Waals surface area (Å²) in [6.45, 7) is 2.06. The molecule has 0 aromatic heterocycles. The van der Waals surface area contributed by atoms with Gasteiger partial charge in [-0.05, 0) is 30.2 Å². The molecule has 4 nitrogen and oxygen atoms in total. The number of amides is 1. The summed E-state index contributed by atoms with van der Waals surface area (Å²) in [4.78, 5) is 12.4. The van der Waals surface area contributed by atoms with Crippen molar-refractivity contribution in [2.24, 2.45) is 0 Å². The highest BCUT2D eigenvalue weighted by Gasteiger charge is 2.15. The van der Waals surface area contributed by atoms with E-state index in [2.05, 4.69) is 28.2 Å². The van der Waals surface area contributed by atoms with E-state index in [-0.39, 0.29) is 18.4 Å². The lowest BCUT2D eigenvalue weighted by molar-refractivity contribution is -0.121. The van der Waals surface area contributed by atoms with E-state index in [1.165, 1.54) is 0 Å². The molecule has 0 radical (unpaired) electrons. The van der Waals surface area contributed by atoms with Gasteiger partial charge in [0.1, 0.15) is 11.5 Å². The number of methoxy groups -OCH3 is 2. The van der Waals surface area contributed by atoms with Crippen LogP contribution in [-0.4, -0.2) is 20.1 Å². The van der Waals surface area contributed by atoms with Crippen molar-refractivity contribution >= 4 is 21.8 Å². The van der Waals surface area contributed by atoms with Crippen molar-refractivity contribution < 1.29 is 14.3 Å². The lowest BCUT2D eigenvalue weighted by Crippen LogP contribution is -2.29. The van der Waals surface area contributed by atoms with Gasteiger partial charge in [-0.25, -0.2) is 0 Å². The average Bonchev–Trinajstić information content (AvgIpc) is 2.60. The molecule has 0 saturated heterocycles. The Kier molecular flexibility index (Phi) is 6.67. The molecule has 2 aromatic rings. The van der Waals surface area contributed by atoms with Crippen LogP contribution < -0.4 is 14.8 Å². The summed E-state index contributed by atoms with van der Waals surface area (Å²) in [6.07, 6.45) is 1.09. The van der Waals surface area contributed by atoms with Gasteiger partial charge in [0.25, 0.3) is 0 Å². The number of carbonyl (C=O) groups is 1. The molecule has 24 heavy (non-hydrogen) atoms. The standard InChI is InChI=1S/C19H22BrNO3/c1-4-17(13-5-8-15(20)9-6-13)21-19(22)11-14-7-10-16(23-2)12-18(14)24-3/h5-10,12,17H,4,11H2,1-3H3,(H,21,22). The van der Waals surface area contributed by atoms with Crippen LogP contribution in [0, 0.1) is 0 Å². The Hall–Kier alpha value is -2.01. The topological polar surface area (TPSA) is 47.6 Å². The molecule has 0 fully saturated rings. The zero-order valence-electron chi connectivity index (χ0n) is 14.1. The number of halogens is 1. The summed E-state index contributed by atoms with van der Waals surface area (Å²) in [5.41, 5.74) is 1.93. The van der Waals surface area contributed by atoms with E-state index < -0.39 is 0 Å². The third kappa shape index (κ3) is 4.74. The highest BCUT2D eigenvalue weighted by Crippen LogP contribution is 2.25. The van der Waals surface area contributed by atoms with Gasteiger partial charge in [-0.3, -0.25) is 4.79 Å². The van der Waals surface area contributed by atoms with Crippen molar-refractivity contribution in [1.29, 1.82) is 0 Å². The highest BCUT2D eigenvalue weighted by atomic mass is 79.9. The van der Waals surface area contributed by atoms with Gasteiger partial charge in [-0.15, -0.1) is 0 Å². The van der Waals surface area contributed by atoms with Crippen molar-refractivity contribution in [2.45, 2.75) is 25.8 Å². The molecule has 0 heterocycles. The van der Waals surface area contributed by atoms with Crippen molar-refractivity contribution in [1.82, 2.24) is 5.32 Å². The fourth-order valence-corrected chi connectivity index (χ4v) is 2.80. The van der Waals surface area contributed by atoms with Gasteiger partial charge in [0, 0.05) is 16.1 Å². The first kappa shape index (κ1) is 18.3. The zero-order chi connectivity index (χ0) is 17.5. The first-order chi connectivity index (χ1) is 11.6. The minimum atomic E-state index is -0.0340. The lowest BCUT2D eigenvalue weighted by atomic mass is 10.0. The predicted molar refractivity (Wildman–Crippen MR) is 98.6 cm³/mol. The molecule has 0 bridgehead atoms. The smallest absolute Gasteiger partial charge is 0.225 e. The van der Waals surface area contributed by atoms with E-state index in [0.717, 1.165) is 22.0 Å². The minimum Gasteiger partial charge on any atom is -0.497 e. The SMILES string of the molecule is CCC(NC(=O)Cc1ccc(OC)cc1OC)c1ccc(Br)cc1. The summed E-state index contributed by atoms with van der Waals surface area (Å²) < 4.78 is 11.6. The molecule has 0 saturated carbocycles. The van der Waals surface area contributed by atoms with Gasteiger partial charge in [0.05, 0.1) is 26.7 Å². The van der Waals surface area contributed by atoms with Crippen LogP contribution in [0.4, 0.5) is 0 Å². The number of hydrogen-bond donors (Lipinski definition) is 1. The maximum atomic E-state index is 12.4. The molecule has 128 valence electrons. The fourth-order valence-electron chi connectivity index (χ4n) is 2.53. The summed E-state index contributed by atoms with van der Waals surface area (Å²) >= 11 is 3.43. The Morgan fingerprint density at radius 2 is 1.83 bits per heavy atom. The van der Waals surface area contributed by atoms with Crippen LogP contribution in [0.3, 0.4) is 0 Å². The normalized spacial score (nSPS) is 11.7. The van der Waals surface area contributed by atoms with E-state index >= 15 is 0 Å². The largest absolute Gasteiger partial charge is 0.497 e. The second-order valence-electron chi connectivity index (χ2n) is 5.43. The molecule has 5 heteroatoms. The monoisotopic (exact) mass is 391 g/mol. The maximum Gasteiger partial charge on any atom is 0.225 e. The number of hydrogen-bond acceptors (Lipinski definition) is 3. The molecule has 2 rings (SSSR count). The fraction of sp³-hybridized carbons (Fsp3) is 0.316. The molecular weight excluding hydrogens is 370 g/mol. The molecule has 1 unspecified atom stereocenters. The number of nitrogens with one attached hydrogen (secondary N) is 1. The second-order valence-corrected chi connectivity index (χ2v) is 6.35. The van der Waals surface area contributed by atoms with Crippen molar-refractivity contribution in [3.63, 3.8) is 0 Å². The Bertz CT molecular complexity index is 686. The molecule has 1 N–H and O–H groups in total. The molecule has 2 aromatic carbocycles. The van der Waals surface area contributed by atoms with E-state index in [1.54, 1.807) is 20.3 Å². The van der Waals surface area contributed by atoms with Crippen molar-refractivity contribution in [3.05, 3.63) is 58.1 Å². The van der Waals surface area contributed by atoms with E-state index in [1.807, 2.05) is 36.4 Å². The van der Waals surface area contributed by atoms with Crippen LogP contribution >= 0.6 is 15.9 Å². The van der Waals surface area contributed by atoms with Crippen LogP contribution in [0.15, 0.2) is 46.9 Å². The zero-order valence-corrected chi connectivity index (χ0v) is 15.7. The van der Waals surface area contributed by atoms with E-state index in [0.29, 0.717) is 11.5 Å². The average molecular weight is 392 g/mol. The molecule has 0 aliphatic heterocycles. The minimum absolute atomic E-state index is 0.00477. The third-order valence-corrected chi connectivity index (χ3v) is 4.39. The van der Waals surface area contributed by atoms with E-state index in [9.17, 15) is 4.79 Å². The molecule has 0 aliphatic carbocycles. The van der Waals surface area contributed by atoms with E-state index in [4.69, 9.17) is 9.47 Å². The first-order valence-corrected chi connectivity index (χ1v) is 8.62. The molecular formula is C19H22BrNO3.